The van der Waals surface area contributed by atoms with Gasteiger partial charge in [-0.3, -0.25) is 4.99 Å². The van der Waals surface area contributed by atoms with Crippen molar-refractivity contribution in [3.8, 4) is 0 Å². The number of halogens is 1. The summed E-state index contributed by atoms with van der Waals surface area (Å²) in [5.41, 5.74) is 2.12. The number of para-hydroxylation sites is 2. The maximum Gasteiger partial charge on any atom is 0.191 e. The van der Waals surface area contributed by atoms with Crippen LogP contribution in [-0.2, 0) is 11.2 Å². The number of ether oxygens (including phenoxy) is 1. The third-order valence-electron chi connectivity index (χ3n) is 3.14. The van der Waals surface area contributed by atoms with Gasteiger partial charge in [0.05, 0.1) is 17.6 Å². The summed E-state index contributed by atoms with van der Waals surface area (Å²) in [4.78, 5) is 12.1. The van der Waals surface area contributed by atoms with Crippen molar-refractivity contribution in [3.63, 3.8) is 0 Å². The van der Waals surface area contributed by atoms with E-state index in [-0.39, 0.29) is 24.0 Å². The van der Waals surface area contributed by atoms with Crippen LogP contribution in [0.3, 0.4) is 0 Å². The molecular weight excluding hydrogens is 393 g/mol. The number of methoxy groups -OCH3 is 1. The molecule has 2 aromatic rings. The lowest BCUT2D eigenvalue weighted by Crippen LogP contribution is -2.39. The zero-order valence-corrected chi connectivity index (χ0v) is 15.4. The van der Waals surface area contributed by atoms with E-state index in [1.807, 2.05) is 24.3 Å². The third kappa shape index (κ3) is 5.80. The van der Waals surface area contributed by atoms with Crippen molar-refractivity contribution >= 4 is 41.0 Å². The van der Waals surface area contributed by atoms with E-state index >= 15 is 0 Å². The topological polar surface area (TPSA) is 74.3 Å². The molecule has 1 aromatic heterocycles. The summed E-state index contributed by atoms with van der Waals surface area (Å²) < 4.78 is 4.99. The maximum atomic E-state index is 4.99. The second kappa shape index (κ2) is 10.4. The number of nitrogens with one attached hydrogen (secondary N) is 3. The lowest BCUT2D eigenvalue weighted by atomic mass is 10.3. The molecule has 3 N–H and O–H groups in total. The predicted octanol–water partition coefficient (Wildman–Crippen LogP) is 1.92. The van der Waals surface area contributed by atoms with Gasteiger partial charge in [-0.2, -0.15) is 0 Å². The molecule has 2 rings (SSSR count). The summed E-state index contributed by atoms with van der Waals surface area (Å²) in [6.45, 7) is 2.27. The van der Waals surface area contributed by atoms with Crippen molar-refractivity contribution in [2.75, 3.05) is 33.9 Å². The molecule has 0 radical (unpaired) electrons. The molecule has 0 fully saturated rings. The van der Waals surface area contributed by atoms with Gasteiger partial charge in [0.15, 0.2) is 5.96 Å². The van der Waals surface area contributed by atoms with Crippen LogP contribution in [0.5, 0.6) is 0 Å². The molecule has 1 aromatic carbocycles. The predicted molar refractivity (Wildman–Crippen MR) is 101 cm³/mol. The molecule has 122 valence electrons. The van der Waals surface area contributed by atoms with Crippen molar-refractivity contribution < 1.29 is 4.74 Å². The molecule has 0 amide bonds. The average molecular weight is 417 g/mol. The van der Waals surface area contributed by atoms with Crippen LogP contribution in [0, 0.1) is 0 Å². The molecule has 0 saturated carbocycles. The number of hydrogen-bond donors (Lipinski definition) is 3. The average Bonchev–Trinajstić information content (AvgIpc) is 2.92. The Kier molecular flexibility index (Phi) is 8.83. The van der Waals surface area contributed by atoms with Crippen LogP contribution in [-0.4, -0.2) is 49.8 Å². The number of H-pyrrole nitrogens is 1. The minimum Gasteiger partial charge on any atom is -0.383 e. The highest BCUT2D eigenvalue weighted by Gasteiger charge is 2.02. The number of aromatic nitrogens is 2. The van der Waals surface area contributed by atoms with Crippen molar-refractivity contribution in [3.05, 3.63) is 30.1 Å². The molecule has 0 aliphatic carbocycles. The second-order valence-corrected chi connectivity index (χ2v) is 4.72. The number of aromatic amines is 1. The number of nitrogens with zero attached hydrogens (tertiary/aromatic N) is 2. The molecule has 7 heteroatoms. The normalized spacial score (nSPS) is 11.3. The smallest absolute Gasteiger partial charge is 0.191 e. The maximum absolute atomic E-state index is 4.99. The largest absolute Gasteiger partial charge is 0.383 e. The van der Waals surface area contributed by atoms with Crippen LogP contribution >= 0.6 is 24.0 Å². The summed E-state index contributed by atoms with van der Waals surface area (Å²) in [6, 6.07) is 8.09. The highest BCUT2D eigenvalue weighted by Crippen LogP contribution is 2.10. The molecule has 0 bridgehead atoms. The fraction of sp³-hybridized carbons (Fsp3) is 0.467. The molecule has 0 aliphatic rings. The molecule has 0 aliphatic heterocycles. The third-order valence-corrected chi connectivity index (χ3v) is 3.14. The van der Waals surface area contributed by atoms with Crippen LogP contribution in [0.2, 0.25) is 0 Å². The lowest BCUT2D eigenvalue weighted by Gasteiger charge is -2.10. The number of fused-ring (bicyclic) bond motifs is 1. The van der Waals surface area contributed by atoms with Gasteiger partial charge in [0.2, 0.25) is 0 Å². The molecule has 0 atom stereocenters. The number of rotatable bonds is 7. The van der Waals surface area contributed by atoms with E-state index in [0.29, 0.717) is 6.61 Å². The van der Waals surface area contributed by atoms with E-state index in [4.69, 9.17) is 4.74 Å². The van der Waals surface area contributed by atoms with E-state index in [1.54, 1.807) is 14.2 Å². The Morgan fingerprint density at radius 3 is 2.77 bits per heavy atom. The molecule has 6 nitrogen and oxygen atoms in total. The summed E-state index contributed by atoms with van der Waals surface area (Å²) in [5.74, 6) is 1.83. The van der Waals surface area contributed by atoms with E-state index in [0.717, 1.165) is 48.7 Å². The molecule has 1 heterocycles. The zero-order chi connectivity index (χ0) is 14.9. The number of imidazole rings is 1. The van der Waals surface area contributed by atoms with Crippen LogP contribution in [0.1, 0.15) is 12.2 Å². The van der Waals surface area contributed by atoms with E-state index in [1.165, 1.54) is 0 Å². The van der Waals surface area contributed by atoms with Crippen molar-refractivity contribution in [1.29, 1.82) is 0 Å². The van der Waals surface area contributed by atoms with E-state index < -0.39 is 0 Å². The molecule has 22 heavy (non-hydrogen) atoms. The minimum absolute atomic E-state index is 0. The first-order valence-electron chi connectivity index (χ1n) is 7.20. The highest BCUT2D eigenvalue weighted by molar-refractivity contribution is 14.0. The number of aliphatic imine (C=N–C) groups is 1. The van der Waals surface area contributed by atoms with Gasteiger partial charge in [-0.25, -0.2) is 4.98 Å². The molecule has 0 unspecified atom stereocenters. The van der Waals surface area contributed by atoms with Gasteiger partial charge in [0, 0.05) is 33.7 Å². The summed E-state index contributed by atoms with van der Waals surface area (Å²) in [5, 5.41) is 6.45. The van der Waals surface area contributed by atoms with E-state index in [2.05, 4.69) is 25.6 Å². The van der Waals surface area contributed by atoms with Crippen LogP contribution < -0.4 is 10.6 Å². The number of guanidine groups is 1. The van der Waals surface area contributed by atoms with Gasteiger partial charge in [-0.1, -0.05) is 12.1 Å². The lowest BCUT2D eigenvalue weighted by molar-refractivity contribution is 0.203. The SMILES string of the molecule is CN=C(NCCCc1nc2ccccc2[nH]1)NCCOC.I. The van der Waals surface area contributed by atoms with E-state index in [9.17, 15) is 0 Å². The first-order chi connectivity index (χ1) is 10.3. The first kappa shape index (κ1) is 18.7. The Morgan fingerprint density at radius 2 is 2.05 bits per heavy atom. The summed E-state index contributed by atoms with van der Waals surface area (Å²) in [7, 11) is 3.45. The van der Waals surface area contributed by atoms with Gasteiger partial charge in [0.1, 0.15) is 5.82 Å². The minimum atomic E-state index is 0. The second-order valence-electron chi connectivity index (χ2n) is 4.72. The van der Waals surface area contributed by atoms with Gasteiger partial charge in [-0.05, 0) is 18.6 Å². The molecule has 0 spiro atoms. The highest BCUT2D eigenvalue weighted by atomic mass is 127. The fourth-order valence-corrected chi connectivity index (χ4v) is 2.08. The number of aryl methyl sites for hydroxylation is 1. The Balaban J connectivity index is 0.00000242. The van der Waals surface area contributed by atoms with Crippen LogP contribution in [0.15, 0.2) is 29.3 Å². The van der Waals surface area contributed by atoms with Gasteiger partial charge in [-0.15, -0.1) is 24.0 Å². The monoisotopic (exact) mass is 417 g/mol. The van der Waals surface area contributed by atoms with Crippen molar-refractivity contribution in [2.24, 2.45) is 4.99 Å². The first-order valence-corrected chi connectivity index (χ1v) is 7.20. The number of benzene rings is 1. The van der Waals surface area contributed by atoms with Crippen molar-refractivity contribution in [1.82, 2.24) is 20.6 Å². The Hall–Kier alpha value is -1.35. The van der Waals surface area contributed by atoms with Gasteiger partial charge >= 0.3 is 0 Å². The van der Waals surface area contributed by atoms with Gasteiger partial charge in [0.25, 0.3) is 0 Å². The Labute approximate surface area is 148 Å². The summed E-state index contributed by atoms with van der Waals surface area (Å²) in [6.07, 6.45) is 1.90. The zero-order valence-electron chi connectivity index (χ0n) is 13.1. The quantitative estimate of drug-likeness (QED) is 0.279. The molecular formula is C15H24IN5O. The van der Waals surface area contributed by atoms with Crippen LogP contribution in [0.25, 0.3) is 11.0 Å². The summed E-state index contributed by atoms with van der Waals surface area (Å²) >= 11 is 0. The Bertz CT molecular complexity index is 551. The molecule has 0 saturated heterocycles. The van der Waals surface area contributed by atoms with Crippen molar-refractivity contribution in [2.45, 2.75) is 12.8 Å². The Morgan fingerprint density at radius 1 is 1.27 bits per heavy atom. The van der Waals surface area contributed by atoms with Gasteiger partial charge < -0.3 is 20.4 Å². The fourth-order valence-electron chi connectivity index (χ4n) is 2.08. The van der Waals surface area contributed by atoms with Crippen LogP contribution in [0.4, 0.5) is 0 Å². The standard InChI is InChI=1S/C15H23N5O.HI/c1-16-15(18-10-11-21-2)17-9-5-8-14-19-12-6-3-4-7-13(12)20-14;/h3-4,6-7H,5,8-11H2,1-2H3,(H,19,20)(H2,16,17,18);1H. The number of hydrogen-bond acceptors (Lipinski definition) is 3.